The minimum absolute atomic E-state index is 0.138. The number of ketones is 1. The highest BCUT2D eigenvalue weighted by atomic mass is 16.5. The molecule has 0 bridgehead atoms. The van der Waals surface area contributed by atoms with Gasteiger partial charge in [0, 0.05) is 28.6 Å². The van der Waals surface area contributed by atoms with Crippen LogP contribution in [0, 0.1) is 11.8 Å². The van der Waals surface area contributed by atoms with Crippen LogP contribution in [0.25, 0.3) is 0 Å². The topological polar surface area (TPSA) is 100 Å². The molecule has 0 spiro atoms. The molecule has 0 amide bonds. The lowest BCUT2D eigenvalue weighted by Crippen LogP contribution is -2.43. The first-order valence-electron chi connectivity index (χ1n) is 12.1. The third kappa shape index (κ3) is 4.54. The van der Waals surface area contributed by atoms with Crippen LogP contribution in [-0.4, -0.2) is 45.2 Å². The minimum atomic E-state index is -0.946. The third-order valence-electron chi connectivity index (χ3n) is 7.29. The molecule has 0 aromatic heterocycles. The van der Waals surface area contributed by atoms with Crippen molar-refractivity contribution in [2.75, 3.05) is 21.3 Å². The van der Waals surface area contributed by atoms with E-state index in [1.165, 1.54) is 14.2 Å². The second-order valence-electron chi connectivity index (χ2n) is 9.46. The van der Waals surface area contributed by atoms with Crippen LogP contribution in [0.3, 0.4) is 0 Å². The lowest BCUT2D eigenvalue weighted by molar-refractivity contribution is -0.151. The lowest BCUT2D eigenvalue weighted by Gasteiger charge is -2.38. The monoisotopic (exact) mass is 483 g/mol. The highest BCUT2D eigenvalue weighted by molar-refractivity contribution is 6.12. The molecule has 0 unspecified atom stereocenters. The number of allylic oxidation sites excluding steroid dienone is 3. The zero-order valence-corrected chi connectivity index (χ0v) is 20.9. The third-order valence-corrected chi connectivity index (χ3v) is 7.29. The molecule has 35 heavy (non-hydrogen) atoms. The van der Waals surface area contributed by atoms with Crippen molar-refractivity contribution >= 4 is 17.7 Å². The van der Waals surface area contributed by atoms with Gasteiger partial charge in [0.05, 0.1) is 32.8 Å². The number of carbonyl (C=O) groups is 3. The Morgan fingerprint density at radius 1 is 1.06 bits per heavy atom. The van der Waals surface area contributed by atoms with Gasteiger partial charge in [-0.25, -0.2) is 4.79 Å². The number of nitrogens with one attached hydrogen (secondary N) is 1. The molecule has 0 saturated heterocycles. The summed E-state index contributed by atoms with van der Waals surface area (Å²) < 4.78 is 21.9. The quantitative estimate of drug-likeness (QED) is 0.482. The van der Waals surface area contributed by atoms with Crippen LogP contribution in [0.5, 0.6) is 11.5 Å². The Morgan fingerprint density at radius 3 is 2.40 bits per heavy atom. The zero-order valence-electron chi connectivity index (χ0n) is 20.9. The highest BCUT2D eigenvalue weighted by Gasteiger charge is 2.48. The number of esters is 2. The molecule has 188 valence electrons. The normalized spacial score (nSPS) is 24.6. The molecule has 1 heterocycles. The Hall–Kier alpha value is -3.29. The molecule has 1 aromatic carbocycles. The van der Waals surface area contributed by atoms with Crippen molar-refractivity contribution in [2.24, 2.45) is 11.8 Å². The van der Waals surface area contributed by atoms with E-state index in [2.05, 4.69) is 5.32 Å². The van der Waals surface area contributed by atoms with Gasteiger partial charge in [-0.1, -0.05) is 13.0 Å². The Labute approximate surface area is 205 Å². The number of hydrogen-bond donors (Lipinski definition) is 1. The maximum atomic E-state index is 13.9. The smallest absolute Gasteiger partial charge is 0.337 e. The molecule has 1 aromatic rings. The lowest BCUT2D eigenvalue weighted by atomic mass is 9.69. The van der Waals surface area contributed by atoms with Crippen molar-refractivity contribution in [1.82, 2.24) is 5.32 Å². The molecule has 0 radical (unpaired) electrons. The number of benzene rings is 1. The molecular formula is C27H33NO7. The second-order valence-corrected chi connectivity index (χ2v) is 9.46. The van der Waals surface area contributed by atoms with E-state index >= 15 is 0 Å². The largest absolute Gasteiger partial charge is 0.497 e. The number of Topliss-reactive ketones (excluding diaryl/α,β-unsaturated/α-hetero) is 1. The van der Waals surface area contributed by atoms with E-state index < -0.39 is 23.8 Å². The summed E-state index contributed by atoms with van der Waals surface area (Å²) in [7, 11) is 4.37. The van der Waals surface area contributed by atoms with Gasteiger partial charge in [-0.05, 0) is 51.0 Å². The van der Waals surface area contributed by atoms with Crippen molar-refractivity contribution in [3.8, 4) is 11.5 Å². The number of ether oxygens (including phenoxy) is 4. The molecule has 2 aliphatic carbocycles. The first-order valence-corrected chi connectivity index (χ1v) is 12.1. The van der Waals surface area contributed by atoms with Crippen LogP contribution in [0.4, 0.5) is 0 Å². The van der Waals surface area contributed by atoms with Gasteiger partial charge in [-0.3, -0.25) is 9.59 Å². The number of hydrogen-bond acceptors (Lipinski definition) is 8. The van der Waals surface area contributed by atoms with E-state index in [0.717, 1.165) is 25.7 Å². The molecule has 4 rings (SSSR count). The van der Waals surface area contributed by atoms with E-state index in [4.69, 9.17) is 18.9 Å². The molecule has 8 nitrogen and oxygen atoms in total. The van der Waals surface area contributed by atoms with E-state index in [1.807, 2.05) is 13.8 Å². The summed E-state index contributed by atoms with van der Waals surface area (Å²) in [6.07, 6.45) is 4.04. The summed E-state index contributed by atoms with van der Waals surface area (Å²) >= 11 is 0. The Morgan fingerprint density at radius 2 is 1.77 bits per heavy atom. The summed E-state index contributed by atoms with van der Waals surface area (Å²) in [6, 6.07) is 5.29. The molecule has 1 aliphatic heterocycles. The summed E-state index contributed by atoms with van der Waals surface area (Å²) in [5.74, 6) is -2.28. The highest BCUT2D eigenvalue weighted by Crippen LogP contribution is 2.48. The van der Waals surface area contributed by atoms with Crippen molar-refractivity contribution in [2.45, 2.75) is 58.0 Å². The van der Waals surface area contributed by atoms with Crippen molar-refractivity contribution < 1.29 is 33.3 Å². The van der Waals surface area contributed by atoms with Gasteiger partial charge in [-0.15, -0.1) is 0 Å². The van der Waals surface area contributed by atoms with Gasteiger partial charge in [0.25, 0.3) is 0 Å². The van der Waals surface area contributed by atoms with Crippen LogP contribution in [0.15, 0.2) is 40.7 Å². The van der Waals surface area contributed by atoms with Gasteiger partial charge < -0.3 is 24.3 Å². The van der Waals surface area contributed by atoms with Crippen LogP contribution in [0.1, 0.15) is 57.4 Å². The van der Waals surface area contributed by atoms with Gasteiger partial charge in [-0.2, -0.15) is 0 Å². The standard InChI is InChI=1S/C27H33NO7/c1-14-12-19-24(25(29)21(14)26(30)34-5)23(18-11-10-17(32-3)13-20(18)33-4)22(15(2)28-19)27(31)35-16-8-6-7-9-16/h10-11,13-14,16,21,23,28H,6-9,12H2,1-5H3/t14-,21+,23+/m0/s1. The zero-order chi connectivity index (χ0) is 25.3. The average molecular weight is 484 g/mol. The van der Waals surface area contributed by atoms with E-state index in [1.54, 1.807) is 25.3 Å². The van der Waals surface area contributed by atoms with Gasteiger partial charge in [0.2, 0.25) is 0 Å². The first-order chi connectivity index (χ1) is 16.8. The number of methoxy groups -OCH3 is 3. The minimum Gasteiger partial charge on any atom is -0.497 e. The summed E-state index contributed by atoms with van der Waals surface area (Å²) in [5.41, 5.74) is 2.70. The van der Waals surface area contributed by atoms with E-state index in [9.17, 15) is 14.4 Å². The fraction of sp³-hybridized carbons (Fsp3) is 0.519. The summed E-state index contributed by atoms with van der Waals surface area (Å²) in [6.45, 7) is 3.68. The number of carbonyl (C=O) groups excluding carboxylic acids is 3. The first kappa shape index (κ1) is 24.8. The maximum absolute atomic E-state index is 13.9. The average Bonchev–Trinajstić information content (AvgIpc) is 3.35. The Balaban J connectivity index is 1.86. The van der Waals surface area contributed by atoms with Gasteiger partial charge in [0.1, 0.15) is 23.5 Å². The van der Waals surface area contributed by atoms with Crippen LogP contribution in [-0.2, 0) is 23.9 Å². The number of rotatable bonds is 6. The predicted molar refractivity (Wildman–Crippen MR) is 128 cm³/mol. The molecule has 1 fully saturated rings. The second kappa shape index (κ2) is 10.1. The number of dihydropyridines is 1. The molecule has 1 saturated carbocycles. The van der Waals surface area contributed by atoms with Crippen molar-refractivity contribution in [3.05, 3.63) is 46.3 Å². The van der Waals surface area contributed by atoms with Gasteiger partial charge >= 0.3 is 11.9 Å². The molecule has 1 N–H and O–H groups in total. The fourth-order valence-corrected chi connectivity index (χ4v) is 5.54. The fourth-order valence-electron chi connectivity index (χ4n) is 5.54. The Bertz CT molecular complexity index is 1100. The SMILES string of the molecule is COC(=O)[C@H]1C(=O)C2=C(C[C@@H]1C)NC(C)=C(C(=O)OC1CCCC1)[C@H]2c1ccc(OC)cc1OC. The Kier molecular flexibility index (Phi) is 7.19. The van der Waals surface area contributed by atoms with Crippen molar-refractivity contribution in [1.29, 1.82) is 0 Å². The van der Waals surface area contributed by atoms with Crippen LogP contribution in [0.2, 0.25) is 0 Å². The van der Waals surface area contributed by atoms with Crippen LogP contribution < -0.4 is 14.8 Å². The molecular weight excluding hydrogens is 450 g/mol. The van der Waals surface area contributed by atoms with Gasteiger partial charge in [0.15, 0.2) is 5.78 Å². The van der Waals surface area contributed by atoms with E-state index in [0.29, 0.717) is 46.0 Å². The van der Waals surface area contributed by atoms with Crippen molar-refractivity contribution in [3.63, 3.8) is 0 Å². The van der Waals surface area contributed by atoms with E-state index in [-0.39, 0.29) is 17.8 Å². The van der Waals surface area contributed by atoms with Crippen LogP contribution >= 0.6 is 0 Å². The molecule has 3 aliphatic rings. The molecule has 8 heteroatoms. The maximum Gasteiger partial charge on any atom is 0.337 e. The predicted octanol–water partition coefficient (Wildman–Crippen LogP) is 3.80. The molecule has 3 atom stereocenters. The summed E-state index contributed by atoms with van der Waals surface area (Å²) in [5, 5.41) is 3.29. The summed E-state index contributed by atoms with van der Waals surface area (Å²) in [4.78, 5) is 40.0.